The van der Waals surface area contributed by atoms with Gasteiger partial charge in [-0.2, -0.15) is 0 Å². The van der Waals surface area contributed by atoms with Crippen LogP contribution in [-0.4, -0.2) is 22.4 Å². The van der Waals surface area contributed by atoms with Gasteiger partial charge in [0.2, 0.25) is 0 Å². The Morgan fingerprint density at radius 3 is 2.70 bits per heavy atom. The van der Waals surface area contributed by atoms with Gasteiger partial charge in [0, 0.05) is 16.3 Å². The second-order valence-electron chi connectivity index (χ2n) is 4.46. The highest BCUT2D eigenvalue weighted by molar-refractivity contribution is 7.12. The Labute approximate surface area is 122 Å². The minimum Gasteiger partial charge on any atom is -0.369 e. The van der Waals surface area contributed by atoms with E-state index in [2.05, 4.69) is 20.6 Å². The zero-order chi connectivity index (χ0) is 14.5. The molecule has 0 aromatic carbocycles. The minimum absolute atomic E-state index is 0.0311. The third-order valence-electron chi connectivity index (χ3n) is 2.78. The van der Waals surface area contributed by atoms with Gasteiger partial charge in [0.15, 0.2) is 0 Å². The number of hydrogen-bond donors (Lipinski definition) is 2. The molecule has 0 aliphatic rings. The summed E-state index contributed by atoms with van der Waals surface area (Å²) >= 11 is 1.68. The quantitative estimate of drug-likeness (QED) is 0.888. The van der Waals surface area contributed by atoms with E-state index in [4.69, 9.17) is 0 Å². The summed E-state index contributed by atoms with van der Waals surface area (Å²) in [7, 11) is 0. The molecule has 5 nitrogen and oxygen atoms in total. The molecule has 0 saturated heterocycles. The fourth-order valence-corrected chi connectivity index (χ4v) is 2.63. The average molecular weight is 290 g/mol. The Balaban J connectivity index is 2.00. The second-order valence-corrected chi connectivity index (χ2v) is 5.78. The van der Waals surface area contributed by atoms with Gasteiger partial charge in [0.05, 0.1) is 18.4 Å². The topological polar surface area (TPSA) is 66.9 Å². The van der Waals surface area contributed by atoms with Crippen LogP contribution in [-0.2, 0) is 0 Å². The zero-order valence-corrected chi connectivity index (χ0v) is 12.6. The first-order chi connectivity index (χ1) is 9.60. The van der Waals surface area contributed by atoms with Crippen molar-refractivity contribution in [3.8, 4) is 0 Å². The largest absolute Gasteiger partial charge is 0.369 e. The number of aromatic nitrogens is 2. The van der Waals surface area contributed by atoms with Gasteiger partial charge < -0.3 is 10.6 Å². The number of rotatable bonds is 5. The molecular formula is C14H18N4OS. The summed E-state index contributed by atoms with van der Waals surface area (Å²) in [4.78, 5) is 22.7. The molecule has 0 spiro atoms. The Bertz CT molecular complexity index is 579. The summed E-state index contributed by atoms with van der Waals surface area (Å²) in [6.45, 7) is 6.76. The number of amides is 1. The van der Waals surface area contributed by atoms with Crippen LogP contribution >= 0.6 is 11.3 Å². The van der Waals surface area contributed by atoms with Gasteiger partial charge >= 0.3 is 0 Å². The normalized spacial score (nSPS) is 11.9. The molecule has 0 radical (unpaired) electrons. The molecule has 1 amide bonds. The van der Waals surface area contributed by atoms with Crippen LogP contribution in [0.15, 0.2) is 24.5 Å². The van der Waals surface area contributed by atoms with E-state index in [1.807, 2.05) is 32.9 Å². The zero-order valence-electron chi connectivity index (χ0n) is 11.8. The van der Waals surface area contributed by atoms with Crippen molar-refractivity contribution in [1.82, 2.24) is 15.3 Å². The summed E-state index contributed by atoms with van der Waals surface area (Å²) in [5.74, 6) is 0.463. The minimum atomic E-state index is -0.209. The van der Waals surface area contributed by atoms with E-state index in [0.29, 0.717) is 11.5 Å². The van der Waals surface area contributed by atoms with Crippen LogP contribution in [0.5, 0.6) is 0 Å². The molecule has 20 heavy (non-hydrogen) atoms. The maximum atomic E-state index is 12.1. The van der Waals surface area contributed by atoms with Crippen LogP contribution in [0.3, 0.4) is 0 Å². The Morgan fingerprint density at radius 1 is 1.35 bits per heavy atom. The van der Waals surface area contributed by atoms with Crippen molar-refractivity contribution < 1.29 is 4.79 Å². The maximum absolute atomic E-state index is 12.1. The molecule has 2 N–H and O–H groups in total. The van der Waals surface area contributed by atoms with Gasteiger partial charge in [-0.05, 0) is 32.9 Å². The molecule has 0 aliphatic carbocycles. The molecule has 2 rings (SSSR count). The molecule has 0 aliphatic heterocycles. The molecule has 2 heterocycles. The van der Waals surface area contributed by atoms with Crippen LogP contribution in [0.4, 0.5) is 5.82 Å². The molecule has 6 heteroatoms. The van der Waals surface area contributed by atoms with E-state index in [1.54, 1.807) is 17.5 Å². The van der Waals surface area contributed by atoms with Crippen molar-refractivity contribution in [2.75, 3.05) is 11.9 Å². The van der Waals surface area contributed by atoms with Crippen LogP contribution < -0.4 is 10.6 Å². The van der Waals surface area contributed by atoms with Crippen molar-refractivity contribution in [2.45, 2.75) is 26.8 Å². The number of carbonyl (C=O) groups excluding carboxylic acids is 1. The monoisotopic (exact) mass is 290 g/mol. The van der Waals surface area contributed by atoms with E-state index in [1.165, 1.54) is 11.1 Å². The predicted octanol–water partition coefficient (Wildman–Crippen LogP) is 2.77. The molecule has 2 aromatic heterocycles. The fourth-order valence-electron chi connectivity index (χ4n) is 1.75. The fraction of sp³-hybridized carbons (Fsp3) is 0.357. The van der Waals surface area contributed by atoms with Crippen LogP contribution in [0, 0.1) is 6.92 Å². The highest BCUT2D eigenvalue weighted by Gasteiger charge is 2.14. The molecule has 0 bridgehead atoms. The number of nitrogens with zero attached hydrogens (tertiary/aromatic N) is 2. The number of hydrogen-bond acceptors (Lipinski definition) is 5. The van der Waals surface area contributed by atoms with Gasteiger partial charge in [-0.25, -0.2) is 9.97 Å². The SMILES string of the molecule is CCNc1cnc(C(=O)NC(C)c2ccc(C)s2)cn1. The molecule has 2 aromatic rings. The van der Waals surface area contributed by atoms with Crippen LogP contribution in [0.25, 0.3) is 0 Å². The molecule has 0 fully saturated rings. The first-order valence-corrected chi connectivity index (χ1v) is 7.35. The van der Waals surface area contributed by atoms with E-state index >= 15 is 0 Å². The van der Waals surface area contributed by atoms with Gasteiger partial charge in [-0.3, -0.25) is 4.79 Å². The number of nitrogens with one attached hydrogen (secondary N) is 2. The Hall–Kier alpha value is -1.95. The van der Waals surface area contributed by atoms with Crippen molar-refractivity contribution in [1.29, 1.82) is 0 Å². The van der Waals surface area contributed by atoms with E-state index < -0.39 is 0 Å². The summed E-state index contributed by atoms with van der Waals surface area (Å²) < 4.78 is 0. The standard InChI is InChI=1S/C14H18N4OS/c1-4-15-13-8-16-11(7-17-13)14(19)18-10(3)12-6-5-9(2)20-12/h5-8,10H,4H2,1-3H3,(H,15,17)(H,18,19). The lowest BCUT2D eigenvalue weighted by atomic mass is 10.2. The lowest BCUT2D eigenvalue weighted by Gasteiger charge is -2.11. The van der Waals surface area contributed by atoms with Gasteiger partial charge in [0.1, 0.15) is 11.5 Å². The first kappa shape index (κ1) is 14.5. The Kier molecular flexibility index (Phi) is 4.68. The lowest BCUT2D eigenvalue weighted by Crippen LogP contribution is -2.27. The Morgan fingerprint density at radius 2 is 2.15 bits per heavy atom. The average Bonchev–Trinajstić information content (AvgIpc) is 2.86. The van der Waals surface area contributed by atoms with Gasteiger partial charge in [-0.15, -0.1) is 11.3 Å². The molecule has 106 valence electrons. The van der Waals surface area contributed by atoms with Crippen molar-refractivity contribution in [3.63, 3.8) is 0 Å². The molecule has 1 atom stereocenters. The number of carbonyl (C=O) groups is 1. The van der Waals surface area contributed by atoms with E-state index in [9.17, 15) is 4.79 Å². The second kappa shape index (κ2) is 6.47. The summed E-state index contributed by atoms with van der Waals surface area (Å²) in [5, 5.41) is 5.97. The number of thiophene rings is 1. The van der Waals surface area contributed by atoms with Crippen molar-refractivity contribution >= 4 is 23.1 Å². The summed E-state index contributed by atoms with van der Waals surface area (Å²) in [5.41, 5.74) is 0.326. The number of aryl methyl sites for hydroxylation is 1. The van der Waals surface area contributed by atoms with E-state index in [-0.39, 0.29) is 11.9 Å². The third-order valence-corrected chi connectivity index (χ3v) is 3.96. The first-order valence-electron chi connectivity index (χ1n) is 6.53. The van der Waals surface area contributed by atoms with Crippen molar-refractivity contribution in [2.24, 2.45) is 0 Å². The van der Waals surface area contributed by atoms with Crippen LogP contribution in [0.2, 0.25) is 0 Å². The predicted molar refractivity (Wildman–Crippen MR) is 81.1 cm³/mol. The third kappa shape index (κ3) is 3.54. The molecule has 0 saturated carbocycles. The smallest absolute Gasteiger partial charge is 0.271 e. The summed E-state index contributed by atoms with van der Waals surface area (Å²) in [6.07, 6.45) is 3.05. The van der Waals surface area contributed by atoms with Gasteiger partial charge in [0.25, 0.3) is 5.91 Å². The van der Waals surface area contributed by atoms with Crippen LogP contribution in [0.1, 0.15) is 40.1 Å². The van der Waals surface area contributed by atoms with Gasteiger partial charge in [-0.1, -0.05) is 0 Å². The highest BCUT2D eigenvalue weighted by Crippen LogP contribution is 2.22. The molecular weight excluding hydrogens is 272 g/mol. The van der Waals surface area contributed by atoms with E-state index in [0.717, 1.165) is 11.4 Å². The highest BCUT2D eigenvalue weighted by atomic mass is 32.1. The summed E-state index contributed by atoms with van der Waals surface area (Å²) in [6, 6.07) is 4.05. The molecule has 1 unspecified atom stereocenters. The maximum Gasteiger partial charge on any atom is 0.271 e. The lowest BCUT2D eigenvalue weighted by molar-refractivity contribution is 0.0935. The van der Waals surface area contributed by atoms with Crippen molar-refractivity contribution in [3.05, 3.63) is 40.0 Å². The number of anilines is 1.